The number of nitrogens with zero attached hydrogens (tertiary/aromatic N) is 3. The lowest BCUT2D eigenvalue weighted by molar-refractivity contribution is 0.426. The Morgan fingerprint density at radius 2 is 1.43 bits per heavy atom. The summed E-state index contributed by atoms with van der Waals surface area (Å²) in [5.74, 6) is 5.01. The molecule has 0 saturated heterocycles. The molecule has 47 heavy (non-hydrogen) atoms. The maximum absolute atomic E-state index is 6.30. The van der Waals surface area contributed by atoms with Crippen molar-refractivity contribution in [3.63, 3.8) is 0 Å². The molecule has 4 heteroatoms. The fourth-order valence-electron chi connectivity index (χ4n) is 7.70. The maximum Gasteiger partial charge on any atom is 0.164 e. The van der Waals surface area contributed by atoms with Gasteiger partial charge < -0.3 is 4.74 Å². The molecule has 9 rings (SSSR count). The highest BCUT2D eigenvalue weighted by Crippen LogP contribution is 2.46. The molecule has 3 aromatic rings. The first kappa shape index (κ1) is 28.2. The largest absolute Gasteiger partial charge is 0.461 e. The zero-order valence-electron chi connectivity index (χ0n) is 26.5. The van der Waals surface area contributed by atoms with Gasteiger partial charge in [-0.25, -0.2) is 15.0 Å². The predicted octanol–water partition coefficient (Wildman–Crippen LogP) is 10.4. The number of rotatable bonds is 5. The lowest BCUT2D eigenvalue weighted by Gasteiger charge is -2.24. The van der Waals surface area contributed by atoms with E-state index in [9.17, 15) is 0 Å². The number of hydrogen-bond acceptors (Lipinski definition) is 4. The second kappa shape index (κ2) is 11.9. The highest BCUT2D eigenvalue weighted by Gasteiger charge is 2.32. The summed E-state index contributed by atoms with van der Waals surface area (Å²) >= 11 is 0. The SMILES string of the molecule is C1=CCCC(C2=CC=C(c3nc(C4=CCC5C(=C4)Oc4ccccc45)nc(-c4ccc(C5=CCC6CCC=CC6=C5)cc4)n3)CC2)=C1. The molecule has 0 amide bonds. The molecule has 230 valence electrons. The van der Waals surface area contributed by atoms with Crippen molar-refractivity contribution in [2.24, 2.45) is 5.92 Å². The van der Waals surface area contributed by atoms with E-state index < -0.39 is 0 Å². The Labute approximate surface area is 276 Å². The summed E-state index contributed by atoms with van der Waals surface area (Å²) in [5.41, 5.74) is 11.3. The van der Waals surface area contributed by atoms with Gasteiger partial charge in [-0.1, -0.05) is 103 Å². The van der Waals surface area contributed by atoms with Crippen LogP contribution in [0.5, 0.6) is 5.75 Å². The zero-order chi connectivity index (χ0) is 31.2. The lowest BCUT2D eigenvalue weighted by Crippen LogP contribution is -2.09. The van der Waals surface area contributed by atoms with E-state index in [1.54, 1.807) is 0 Å². The average molecular weight is 612 g/mol. The summed E-state index contributed by atoms with van der Waals surface area (Å²) in [6.45, 7) is 0. The number of fused-ring (bicyclic) bond motifs is 4. The Morgan fingerprint density at radius 1 is 0.638 bits per heavy atom. The lowest BCUT2D eigenvalue weighted by atomic mass is 9.81. The molecule has 2 heterocycles. The Bertz CT molecular complexity index is 2060. The topological polar surface area (TPSA) is 47.9 Å². The Balaban J connectivity index is 1.07. The minimum absolute atomic E-state index is 0.250. The third kappa shape index (κ3) is 5.42. The number of hydrogen-bond donors (Lipinski definition) is 0. The van der Waals surface area contributed by atoms with Crippen LogP contribution in [0.2, 0.25) is 0 Å². The zero-order valence-corrected chi connectivity index (χ0v) is 26.5. The Hall–Kier alpha value is -5.09. The van der Waals surface area contributed by atoms with Gasteiger partial charge in [-0.05, 0) is 103 Å². The molecule has 0 N–H and O–H groups in total. The minimum Gasteiger partial charge on any atom is -0.461 e. The molecule has 1 aliphatic heterocycles. The first-order chi connectivity index (χ1) is 23.2. The molecule has 0 spiro atoms. The van der Waals surface area contributed by atoms with Crippen LogP contribution < -0.4 is 4.74 Å². The van der Waals surface area contributed by atoms with E-state index in [4.69, 9.17) is 19.7 Å². The fraction of sp³-hybridized carbons (Fsp3) is 0.233. The van der Waals surface area contributed by atoms with E-state index in [1.807, 2.05) is 6.07 Å². The van der Waals surface area contributed by atoms with Crippen molar-refractivity contribution in [2.45, 2.75) is 57.3 Å². The van der Waals surface area contributed by atoms with Crippen molar-refractivity contribution in [1.29, 1.82) is 0 Å². The third-order valence-electron chi connectivity index (χ3n) is 10.4. The number of benzene rings is 2. The van der Waals surface area contributed by atoms with Gasteiger partial charge in [0, 0.05) is 22.6 Å². The first-order valence-electron chi connectivity index (χ1n) is 17.2. The minimum atomic E-state index is 0.250. The van der Waals surface area contributed by atoms with Crippen LogP contribution >= 0.6 is 0 Å². The van der Waals surface area contributed by atoms with Crippen LogP contribution in [0.1, 0.15) is 80.1 Å². The molecule has 0 radical (unpaired) electrons. The highest BCUT2D eigenvalue weighted by molar-refractivity contribution is 5.79. The fourth-order valence-corrected chi connectivity index (χ4v) is 7.70. The molecule has 6 aliphatic rings. The normalized spacial score (nSPS) is 22.7. The smallest absolute Gasteiger partial charge is 0.164 e. The molecule has 4 nitrogen and oxygen atoms in total. The third-order valence-corrected chi connectivity index (χ3v) is 10.4. The van der Waals surface area contributed by atoms with Crippen molar-refractivity contribution in [3.05, 3.63) is 161 Å². The van der Waals surface area contributed by atoms with Crippen molar-refractivity contribution in [2.75, 3.05) is 0 Å². The van der Waals surface area contributed by atoms with Crippen LogP contribution in [0.4, 0.5) is 0 Å². The van der Waals surface area contributed by atoms with Crippen LogP contribution in [0, 0.1) is 5.92 Å². The van der Waals surface area contributed by atoms with E-state index in [-0.39, 0.29) is 5.92 Å². The van der Waals surface area contributed by atoms with Gasteiger partial charge in [0.2, 0.25) is 0 Å². The van der Waals surface area contributed by atoms with Gasteiger partial charge in [0.15, 0.2) is 17.5 Å². The predicted molar refractivity (Wildman–Crippen MR) is 190 cm³/mol. The summed E-state index contributed by atoms with van der Waals surface area (Å²) < 4.78 is 6.30. The molecular formula is C43H37N3O. The van der Waals surface area contributed by atoms with E-state index >= 15 is 0 Å². The van der Waals surface area contributed by atoms with E-state index in [1.165, 1.54) is 46.3 Å². The summed E-state index contributed by atoms with van der Waals surface area (Å²) in [5, 5.41) is 0. The molecule has 0 saturated carbocycles. The van der Waals surface area contributed by atoms with Crippen LogP contribution in [0.15, 0.2) is 138 Å². The summed E-state index contributed by atoms with van der Waals surface area (Å²) in [7, 11) is 0. The molecule has 0 fully saturated rings. The summed E-state index contributed by atoms with van der Waals surface area (Å²) in [4.78, 5) is 15.3. The van der Waals surface area contributed by atoms with Gasteiger partial charge in [-0.15, -0.1) is 0 Å². The van der Waals surface area contributed by atoms with Crippen molar-refractivity contribution < 1.29 is 4.74 Å². The van der Waals surface area contributed by atoms with Gasteiger partial charge in [0.05, 0.1) is 0 Å². The second-order valence-corrected chi connectivity index (χ2v) is 13.3. The quantitative estimate of drug-likeness (QED) is 0.288. The highest BCUT2D eigenvalue weighted by atomic mass is 16.5. The van der Waals surface area contributed by atoms with Crippen LogP contribution in [-0.2, 0) is 0 Å². The van der Waals surface area contributed by atoms with Crippen molar-refractivity contribution >= 4 is 16.7 Å². The molecule has 2 aromatic carbocycles. The summed E-state index contributed by atoms with van der Waals surface area (Å²) in [6.07, 6.45) is 33.5. The summed E-state index contributed by atoms with van der Waals surface area (Å²) in [6, 6.07) is 17.1. The van der Waals surface area contributed by atoms with Crippen LogP contribution in [-0.4, -0.2) is 15.0 Å². The average Bonchev–Trinajstić information content (AvgIpc) is 3.53. The molecule has 0 bridgehead atoms. The maximum atomic E-state index is 6.30. The van der Waals surface area contributed by atoms with Gasteiger partial charge in [0.1, 0.15) is 11.5 Å². The Morgan fingerprint density at radius 3 is 2.30 bits per heavy atom. The van der Waals surface area contributed by atoms with E-state index in [0.29, 0.717) is 17.6 Å². The van der Waals surface area contributed by atoms with Crippen molar-refractivity contribution in [1.82, 2.24) is 15.0 Å². The molecule has 2 unspecified atom stereocenters. The monoisotopic (exact) mass is 611 g/mol. The molecule has 1 aromatic heterocycles. The Kier molecular flexibility index (Phi) is 7.15. The van der Waals surface area contributed by atoms with Gasteiger partial charge in [-0.2, -0.15) is 0 Å². The number of allylic oxidation sites excluding steroid dienone is 18. The standard InChI is InChI=1S/C43H37N3O/c1-2-8-28(9-3-1)30-14-19-32(20-15-30)41-44-42(33-21-16-31(17-22-33)35-23-18-29-10-4-5-11-34(29)26-35)46-43(45-41)36-24-25-38-37-12-6-7-13-39(37)47-40(38)27-36/h1-2,5-8,11-14,16-17,19,21-24,26-27,29,38H,3-4,9-10,15,18,20,25H2. The number of ether oxygens (including phenoxy) is 1. The molecule has 5 aliphatic carbocycles. The first-order valence-corrected chi connectivity index (χ1v) is 17.2. The second-order valence-electron chi connectivity index (χ2n) is 13.3. The van der Waals surface area contributed by atoms with Gasteiger partial charge >= 0.3 is 0 Å². The number of aromatic nitrogens is 3. The van der Waals surface area contributed by atoms with Gasteiger partial charge in [0.25, 0.3) is 0 Å². The van der Waals surface area contributed by atoms with E-state index in [0.717, 1.165) is 72.6 Å². The molecular weight excluding hydrogens is 574 g/mol. The van der Waals surface area contributed by atoms with Crippen LogP contribution in [0.25, 0.3) is 28.1 Å². The van der Waals surface area contributed by atoms with Crippen LogP contribution in [0.3, 0.4) is 0 Å². The van der Waals surface area contributed by atoms with Crippen molar-refractivity contribution in [3.8, 4) is 17.1 Å². The molecule has 2 atom stereocenters. The van der Waals surface area contributed by atoms with E-state index in [2.05, 4.69) is 109 Å². The number of para-hydroxylation sites is 1. The van der Waals surface area contributed by atoms with Gasteiger partial charge in [-0.3, -0.25) is 0 Å².